The Kier molecular flexibility index (Phi) is 3.46. The summed E-state index contributed by atoms with van der Waals surface area (Å²) in [6.45, 7) is 6.21. The molecule has 0 saturated heterocycles. The Morgan fingerprint density at radius 3 is 2.74 bits per heavy atom. The van der Waals surface area contributed by atoms with E-state index in [1.54, 1.807) is 0 Å². The van der Waals surface area contributed by atoms with E-state index >= 15 is 0 Å². The van der Waals surface area contributed by atoms with Gasteiger partial charge in [-0.25, -0.2) is 0 Å². The van der Waals surface area contributed by atoms with Crippen LogP contribution in [0.2, 0.25) is 0 Å². The van der Waals surface area contributed by atoms with E-state index < -0.39 is 0 Å². The minimum atomic E-state index is 0.277. The third kappa shape index (κ3) is 2.60. The summed E-state index contributed by atoms with van der Waals surface area (Å²) >= 11 is 1.85. The molecule has 3 rings (SSSR count). The molecule has 1 aliphatic rings. The van der Waals surface area contributed by atoms with Crippen molar-refractivity contribution in [3.8, 4) is 0 Å². The van der Waals surface area contributed by atoms with Gasteiger partial charge in [0.25, 0.3) is 0 Å². The van der Waals surface area contributed by atoms with Crippen molar-refractivity contribution in [1.29, 1.82) is 0 Å². The number of nitrogens with one attached hydrogen (secondary N) is 1. The van der Waals surface area contributed by atoms with Crippen molar-refractivity contribution < 1.29 is 4.52 Å². The van der Waals surface area contributed by atoms with Crippen molar-refractivity contribution in [2.45, 2.75) is 45.7 Å². The number of hydrogen-bond acceptors (Lipinski definition) is 4. The van der Waals surface area contributed by atoms with Crippen LogP contribution < -0.4 is 5.32 Å². The minimum Gasteiger partial charge on any atom is -0.361 e. The topological polar surface area (TPSA) is 38.1 Å². The summed E-state index contributed by atoms with van der Waals surface area (Å²) in [5.41, 5.74) is 2.21. The lowest BCUT2D eigenvalue weighted by molar-refractivity contribution is 0.387. The standard InChI is InChI=1S/C15H20N2OS/c1-9(14-10(2)17-18-11(14)3)16-15(12-6-7-12)13-5-4-8-19-13/h4-5,8-9,12,15-16H,6-7H2,1-3H3. The Balaban J connectivity index is 1.79. The summed E-state index contributed by atoms with van der Waals surface area (Å²) < 4.78 is 5.28. The van der Waals surface area contributed by atoms with E-state index in [9.17, 15) is 0 Å². The second-order valence-electron chi connectivity index (χ2n) is 5.46. The highest BCUT2D eigenvalue weighted by atomic mass is 32.1. The van der Waals surface area contributed by atoms with E-state index in [1.807, 2.05) is 25.2 Å². The van der Waals surface area contributed by atoms with E-state index in [-0.39, 0.29) is 6.04 Å². The first kappa shape index (κ1) is 12.9. The van der Waals surface area contributed by atoms with Crippen LogP contribution in [-0.4, -0.2) is 5.16 Å². The van der Waals surface area contributed by atoms with Gasteiger partial charge in [0.1, 0.15) is 5.76 Å². The molecule has 0 aliphatic heterocycles. The van der Waals surface area contributed by atoms with Gasteiger partial charge in [-0.1, -0.05) is 11.2 Å². The van der Waals surface area contributed by atoms with Crippen molar-refractivity contribution in [3.05, 3.63) is 39.4 Å². The Morgan fingerprint density at radius 2 is 2.21 bits per heavy atom. The molecule has 1 N–H and O–H groups in total. The molecule has 0 spiro atoms. The highest BCUT2D eigenvalue weighted by molar-refractivity contribution is 7.10. The molecule has 2 atom stereocenters. The van der Waals surface area contributed by atoms with Gasteiger partial charge in [-0.05, 0) is 51.0 Å². The van der Waals surface area contributed by atoms with Crippen LogP contribution in [0.1, 0.15) is 53.7 Å². The van der Waals surface area contributed by atoms with Gasteiger partial charge in [-0.3, -0.25) is 0 Å². The number of thiophene rings is 1. The molecule has 2 heterocycles. The largest absolute Gasteiger partial charge is 0.361 e. The van der Waals surface area contributed by atoms with Gasteiger partial charge in [0.15, 0.2) is 0 Å². The number of nitrogens with zero attached hydrogens (tertiary/aromatic N) is 1. The van der Waals surface area contributed by atoms with Crippen LogP contribution in [0.3, 0.4) is 0 Å². The van der Waals surface area contributed by atoms with E-state index in [0.29, 0.717) is 6.04 Å². The number of aromatic nitrogens is 1. The van der Waals surface area contributed by atoms with Gasteiger partial charge in [0, 0.05) is 22.5 Å². The molecule has 2 unspecified atom stereocenters. The quantitative estimate of drug-likeness (QED) is 0.891. The first-order valence-corrected chi connectivity index (χ1v) is 7.77. The monoisotopic (exact) mass is 276 g/mol. The predicted molar refractivity (Wildman–Crippen MR) is 77.3 cm³/mol. The molecular formula is C15H20N2OS. The summed E-state index contributed by atoms with van der Waals surface area (Å²) in [5.74, 6) is 1.72. The molecule has 2 aromatic rings. The Morgan fingerprint density at radius 1 is 1.42 bits per heavy atom. The Labute approximate surface area is 118 Å². The molecule has 1 aliphatic carbocycles. The zero-order valence-corrected chi connectivity index (χ0v) is 12.5. The van der Waals surface area contributed by atoms with Gasteiger partial charge in [-0.2, -0.15) is 0 Å². The molecule has 2 aromatic heterocycles. The van der Waals surface area contributed by atoms with Crippen LogP contribution in [0.5, 0.6) is 0 Å². The smallest absolute Gasteiger partial charge is 0.138 e. The van der Waals surface area contributed by atoms with Crippen molar-refractivity contribution in [1.82, 2.24) is 10.5 Å². The molecule has 102 valence electrons. The molecule has 0 amide bonds. The van der Waals surface area contributed by atoms with Crippen LogP contribution in [-0.2, 0) is 0 Å². The van der Waals surface area contributed by atoms with Gasteiger partial charge in [0.05, 0.1) is 5.69 Å². The average Bonchev–Trinajstić information content (AvgIpc) is 2.96. The van der Waals surface area contributed by atoms with E-state index in [1.165, 1.54) is 23.3 Å². The normalized spacial score (nSPS) is 18.5. The molecule has 4 heteroatoms. The van der Waals surface area contributed by atoms with Crippen LogP contribution in [0, 0.1) is 19.8 Å². The number of hydrogen-bond donors (Lipinski definition) is 1. The Bertz CT molecular complexity index is 523. The maximum Gasteiger partial charge on any atom is 0.138 e. The minimum absolute atomic E-state index is 0.277. The third-order valence-electron chi connectivity index (χ3n) is 3.89. The van der Waals surface area contributed by atoms with Crippen LogP contribution in [0.15, 0.2) is 22.0 Å². The van der Waals surface area contributed by atoms with E-state index in [4.69, 9.17) is 4.52 Å². The fourth-order valence-corrected chi connectivity index (χ4v) is 3.69. The maximum absolute atomic E-state index is 5.28. The zero-order valence-electron chi connectivity index (χ0n) is 11.6. The molecule has 1 fully saturated rings. The second-order valence-corrected chi connectivity index (χ2v) is 6.44. The molecule has 3 nitrogen and oxygen atoms in total. The zero-order chi connectivity index (χ0) is 13.4. The lowest BCUT2D eigenvalue weighted by atomic mass is 10.0. The predicted octanol–water partition coefficient (Wildman–Crippen LogP) is 4.15. The van der Waals surface area contributed by atoms with Crippen LogP contribution in [0.25, 0.3) is 0 Å². The molecule has 1 saturated carbocycles. The number of aryl methyl sites for hydroxylation is 2. The molecule has 0 aromatic carbocycles. The second kappa shape index (κ2) is 5.10. The SMILES string of the molecule is Cc1noc(C)c1C(C)NC(c1cccs1)C1CC1. The highest BCUT2D eigenvalue weighted by Crippen LogP contribution is 2.43. The lowest BCUT2D eigenvalue weighted by Crippen LogP contribution is -2.26. The number of rotatable bonds is 5. The van der Waals surface area contributed by atoms with E-state index in [0.717, 1.165) is 17.4 Å². The fourth-order valence-electron chi connectivity index (χ4n) is 2.81. The summed E-state index contributed by atoms with van der Waals surface area (Å²) in [4.78, 5) is 1.45. The van der Waals surface area contributed by atoms with E-state index in [2.05, 4.69) is 34.9 Å². The fraction of sp³-hybridized carbons (Fsp3) is 0.533. The van der Waals surface area contributed by atoms with Gasteiger partial charge < -0.3 is 9.84 Å². The molecule has 19 heavy (non-hydrogen) atoms. The average molecular weight is 276 g/mol. The van der Waals surface area contributed by atoms with Crippen molar-refractivity contribution in [2.24, 2.45) is 5.92 Å². The van der Waals surface area contributed by atoms with Crippen molar-refractivity contribution in [2.75, 3.05) is 0 Å². The first-order chi connectivity index (χ1) is 9.16. The van der Waals surface area contributed by atoms with Crippen LogP contribution >= 0.6 is 11.3 Å². The summed E-state index contributed by atoms with van der Waals surface area (Å²) in [6.07, 6.45) is 2.67. The Hall–Kier alpha value is -1.13. The summed E-state index contributed by atoms with van der Waals surface area (Å²) in [6, 6.07) is 5.13. The van der Waals surface area contributed by atoms with Crippen molar-refractivity contribution in [3.63, 3.8) is 0 Å². The van der Waals surface area contributed by atoms with Gasteiger partial charge >= 0.3 is 0 Å². The maximum atomic E-state index is 5.28. The van der Waals surface area contributed by atoms with Gasteiger partial charge in [-0.15, -0.1) is 11.3 Å². The molecular weight excluding hydrogens is 256 g/mol. The summed E-state index contributed by atoms with van der Waals surface area (Å²) in [5, 5.41) is 9.99. The van der Waals surface area contributed by atoms with Crippen molar-refractivity contribution >= 4 is 11.3 Å². The molecule has 0 radical (unpaired) electrons. The van der Waals surface area contributed by atoms with Gasteiger partial charge in [0.2, 0.25) is 0 Å². The lowest BCUT2D eigenvalue weighted by Gasteiger charge is -2.22. The van der Waals surface area contributed by atoms with Crippen LogP contribution in [0.4, 0.5) is 0 Å². The third-order valence-corrected chi connectivity index (χ3v) is 4.85. The summed E-state index contributed by atoms with van der Waals surface area (Å²) in [7, 11) is 0. The highest BCUT2D eigenvalue weighted by Gasteiger charge is 2.34. The first-order valence-electron chi connectivity index (χ1n) is 6.89. The molecule has 0 bridgehead atoms.